The van der Waals surface area contributed by atoms with Crippen molar-refractivity contribution in [3.05, 3.63) is 0 Å². The summed E-state index contributed by atoms with van der Waals surface area (Å²) in [6, 6.07) is -1.19. The highest BCUT2D eigenvalue weighted by molar-refractivity contribution is 7.91. The summed E-state index contributed by atoms with van der Waals surface area (Å²) in [6.45, 7) is 6.85. The molecule has 13 heteroatoms. The van der Waals surface area contributed by atoms with E-state index in [2.05, 4.69) is 0 Å². The van der Waals surface area contributed by atoms with Gasteiger partial charge < -0.3 is 50.2 Å². The lowest BCUT2D eigenvalue weighted by Crippen LogP contribution is -2.65. The van der Waals surface area contributed by atoms with Gasteiger partial charge in [-0.3, -0.25) is 0 Å². The number of hydrogen-bond acceptors (Lipinski definition) is 12. The molecule has 0 spiro atoms. The van der Waals surface area contributed by atoms with E-state index >= 15 is 0 Å². The normalized spacial score (nSPS) is 46.7. The van der Waals surface area contributed by atoms with Crippen LogP contribution in [0.15, 0.2) is 0 Å². The zero-order valence-electron chi connectivity index (χ0n) is 22.7. The lowest BCUT2D eigenvalue weighted by atomic mass is 9.77. The average Bonchev–Trinajstić information content (AvgIpc) is 2.84. The van der Waals surface area contributed by atoms with Crippen molar-refractivity contribution in [2.45, 2.75) is 121 Å². The number of ether oxygens (including phenoxy) is 4. The highest BCUT2D eigenvalue weighted by Crippen LogP contribution is 2.39. The molecule has 12 nitrogen and oxygen atoms in total. The summed E-state index contributed by atoms with van der Waals surface area (Å²) in [5, 5.41) is 52.2. The topological polar surface area (TPSA) is 198 Å². The molecule has 0 aromatic carbocycles. The maximum Gasteiger partial charge on any atom is 0.186 e. The Labute approximate surface area is 225 Å². The van der Waals surface area contributed by atoms with Crippen LogP contribution in [0.25, 0.3) is 0 Å². The van der Waals surface area contributed by atoms with E-state index in [1.165, 1.54) is 0 Å². The summed E-state index contributed by atoms with van der Waals surface area (Å²) in [4.78, 5) is 0. The fourth-order valence-electron chi connectivity index (χ4n) is 5.95. The van der Waals surface area contributed by atoms with Gasteiger partial charge in [0.05, 0.1) is 42.8 Å². The smallest absolute Gasteiger partial charge is 0.186 e. The van der Waals surface area contributed by atoms with Crippen LogP contribution >= 0.6 is 0 Å². The number of rotatable bonds is 10. The van der Waals surface area contributed by atoms with Gasteiger partial charge in [-0.1, -0.05) is 27.7 Å². The quantitative estimate of drug-likeness (QED) is 0.186. The van der Waals surface area contributed by atoms with Crippen molar-refractivity contribution in [1.82, 2.24) is 0 Å². The van der Waals surface area contributed by atoms with E-state index in [-0.39, 0.29) is 23.3 Å². The van der Waals surface area contributed by atoms with E-state index in [0.29, 0.717) is 25.7 Å². The van der Waals surface area contributed by atoms with E-state index in [1.54, 1.807) is 6.92 Å². The monoisotopic (exact) mass is 569 g/mol. The third-order valence-corrected chi connectivity index (χ3v) is 10.1. The first-order valence-electron chi connectivity index (χ1n) is 13.7. The molecule has 0 aromatic rings. The standard InChI is InChI=1S/C25H47NO11S/c1-5-7-38(32,33)11-14-8-12(3)22(36-24-13(4)9-15(28)16(6-2)34-24)21(31)23(14)37-25-20(30)18(26)19(29)17(10-27)35-25/h12-25,27-31H,5-11,26H2,1-4H3/t12-,13+,14-,15-,16+,17+,18-,19+,20+,21-,22?,23-,24+,25+/m0/s1. The van der Waals surface area contributed by atoms with Gasteiger partial charge in [-0.05, 0) is 31.6 Å². The second-order valence-electron chi connectivity index (χ2n) is 11.3. The summed E-state index contributed by atoms with van der Waals surface area (Å²) in [5.74, 6) is -1.30. The van der Waals surface area contributed by atoms with E-state index < -0.39 is 89.8 Å². The molecule has 0 aromatic heterocycles. The van der Waals surface area contributed by atoms with Gasteiger partial charge in [0.1, 0.15) is 24.4 Å². The Hall–Kier alpha value is -0.450. The van der Waals surface area contributed by atoms with E-state index in [9.17, 15) is 34.0 Å². The Bertz CT molecular complexity index is 845. The molecule has 1 aliphatic carbocycles. The second kappa shape index (κ2) is 13.5. The first-order valence-corrected chi connectivity index (χ1v) is 15.6. The number of aliphatic hydroxyl groups excluding tert-OH is 5. The van der Waals surface area contributed by atoms with Crippen LogP contribution in [0.4, 0.5) is 0 Å². The van der Waals surface area contributed by atoms with Gasteiger partial charge in [0.15, 0.2) is 22.4 Å². The van der Waals surface area contributed by atoms with Crippen molar-refractivity contribution in [3.8, 4) is 0 Å². The predicted molar refractivity (Wildman–Crippen MR) is 136 cm³/mol. The van der Waals surface area contributed by atoms with Crippen molar-refractivity contribution in [1.29, 1.82) is 0 Å². The SMILES string of the molecule is CCCS(=O)(=O)C[C@@H]1C[C@H](C)C(O[C@H]2O[C@H](CC)[C@@H](O)C[C@H]2C)[C@H](O)[C@H]1O[C@H]1O[C@H](CO)[C@@H](O)[C@H](N)[C@H]1O. The maximum absolute atomic E-state index is 12.8. The van der Waals surface area contributed by atoms with Gasteiger partial charge in [0.2, 0.25) is 0 Å². The molecule has 1 saturated carbocycles. The van der Waals surface area contributed by atoms with Crippen molar-refractivity contribution in [3.63, 3.8) is 0 Å². The van der Waals surface area contributed by atoms with Gasteiger partial charge in [0, 0.05) is 17.6 Å². The first kappa shape index (κ1) is 32.1. The minimum Gasteiger partial charge on any atom is -0.394 e. The van der Waals surface area contributed by atoms with Crippen LogP contribution in [0.1, 0.15) is 53.4 Å². The van der Waals surface area contributed by atoms with Crippen LogP contribution in [0.2, 0.25) is 0 Å². The molecular formula is C25H47NO11S. The van der Waals surface area contributed by atoms with Crippen LogP contribution in [0.3, 0.4) is 0 Å². The van der Waals surface area contributed by atoms with Gasteiger partial charge in [0.25, 0.3) is 0 Å². The minimum absolute atomic E-state index is 0.0129. The van der Waals surface area contributed by atoms with Crippen LogP contribution < -0.4 is 5.73 Å². The molecule has 224 valence electrons. The van der Waals surface area contributed by atoms with Gasteiger partial charge >= 0.3 is 0 Å². The number of hydrogen-bond donors (Lipinski definition) is 6. The predicted octanol–water partition coefficient (Wildman–Crippen LogP) is -1.11. The second-order valence-corrected chi connectivity index (χ2v) is 13.5. The molecule has 0 radical (unpaired) electrons. The Morgan fingerprint density at radius 1 is 0.868 bits per heavy atom. The molecule has 1 unspecified atom stereocenters. The van der Waals surface area contributed by atoms with Gasteiger partial charge in [-0.2, -0.15) is 0 Å². The van der Waals surface area contributed by atoms with E-state index in [1.807, 2.05) is 20.8 Å². The Morgan fingerprint density at radius 3 is 2.11 bits per heavy atom. The molecule has 38 heavy (non-hydrogen) atoms. The zero-order valence-corrected chi connectivity index (χ0v) is 23.5. The molecule has 3 aliphatic rings. The molecule has 14 atom stereocenters. The van der Waals surface area contributed by atoms with Crippen LogP contribution in [0.5, 0.6) is 0 Å². The van der Waals surface area contributed by atoms with Gasteiger partial charge in [-0.25, -0.2) is 8.42 Å². The molecule has 2 saturated heterocycles. The number of nitrogens with two attached hydrogens (primary N) is 1. The van der Waals surface area contributed by atoms with E-state index in [4.69, 9.17) is 24.7 Å². The summed E-state index contributed by atoms with van der Waals surface area (Å²) < 4.78 is 49.4. The third kappa shape index (κ3) is 7.24. The molecule has 3 rings (SSSR count). The van der Waals surface area contributed by atoms with Crippen LogP contribution in [-0.2, 0) is 28.8 Å². The molecule has 2 heterocycles. The fourth-order valence-corrected chi connectivity index (χ4v) is 7.72. The molecule has 3 fully saturated rings. The Morgan fingerprint density at radius 2 is 1.50 bits per heavy atom. The highest BCUT2D eigenvalue weighted by Gasteiger charge is 2.51. The third-order valence-electron chi connectivity index (χ3n) is 8.09. The largest absolute Gasteiger partial charge is 0.394 e. The summed E-state index contributed by atoms with van der Waals surface area (Å²) in [5.41, 5.74) is 5.93. The van der Waals surface area contributed by atoms with Crippen molar-refractivity contribution in [2.75, 3.05) is 18.1 Å². The molecule has 7 N–H and O–H groups in total. The lowest BCUT2D eigenvalue weighted by Gasteiger charge is -2.48. The number of sulfone groups is 1. The number of aliphatic hydroxyl groups is 5. The fraction of sp³-hybridized carbons (Fsp3) is 1.00. The average molecular weight is 570 g/mol. The van der Waals surface area contributed by atoms with Crippen LogP contribution in [-0.4, -0.2) is 120 Å². The summed E-state index contributed by atoms with van der Waals surface area (Å²) in [6.07, 6.45) is -8.43. The minimum atomic E-state index is -3.46. The molecule has 2 aliphatic heterocycles. The summed E-state index contributed by atoms with van der Waals surface area (Å²) >= 11 is 0. The maximum atomic E-state index is 12.8. The van der Waals surface area contributed by atoms with Crippen LogP contribution in [0, 0.1) is 17.8 Å². The molecule has 0 amide bonds. The van der Waals surface area contributed by atoms with Crippen molar-refractivity contribution >= 4 is 9.84 Å². The summed E-state index contributed by atoms with van der Waals surface area (Å²) in [7, 11) is -3.46. The molecular weight excluding hydrogens is 522 g/mol. The van der Waals surface area contributed by atoms with Crippen molar-refractivity contribution in [2.24, 2.45) is 23.5 Å². The van der Waals surface area contributed by atoms with Gasteiger partial charge in [-0.15, -0.1) is 0 Å². The molecule has 0 bridgehead atoms. The zero-order chi connectivity index (χ0) is 28.4. The Kier molecular flexibility index (Phi) is 11.4. The first-order chi connectivity index (χ1) is 17.8. The van der Waals surface area contributed by atoms with E-state index in [0.717, 1.165) is 0 Å². The Balaban J connectivity index is 1.85. The van der Waals surface area contributed by atoms with Crippen molar-refractivity contribution < 1.29 is 52.9 Å². The highest BCUT2D eigenvalue weighted by atomic mass is 32.2. The lowest BCUT2D eigenvalue weighted by molar-refractivity contribution is -0.325.